The monoisotopic (exact) mass is 589 g/mol. The molecule has 2 bridgehead atoms. The summed E-state index contributed by atoms with van der Waals surface area (Å²) in [5, 5.41) is 14.0. The van der Waals surface area contributed by atoms with Crippen molar-refractivity contribution >= 4 is 33.3 Å². The highest BCUT2D eigenvalue weighted by Gasteiger charge is 2.52. The van der Waals surface area contributed by atoms with Crippen LogP contribution in [-0.4, -0.2) is 29.4 Å². The van der Waals surface area contributed by atoms with E-state index in [9.17, 15) is 27.9 Å². The summed E-state index contributed by atoms with van der Waals surface area (Å²) in [5.74, 6) is -0.234. The molecule has 3 aromatic rings. The molecule has 1 aromatic heterocycles. The van der Waals surface area contributed by atoms with Crippen LogP contribution in [0.4, 0.5) is 13.2 Å². The number of thiophene rings is 1. The quantitative estimate of drug-likeness (QED) is 0.266. The van der Waals surface area contributed by atoms with Crippen molar-refractivity contribution in [2.75, 3.05) is 0 Å². The summed E-state index contributed by atoms with van der Waals surface area (Å²) in [7, 11) is 0. The summed E-state index contributed by atoms with van der Waals surface area (Å²) >= 11 is 1.23. The maximum atomic E-state index is 13.8. The van der Waals surface area contributed by atoms with E-state index in [4.69, 9.17) is 4.74 Å². The van der Waals surface area contributed by atoms with Crippen LogP contribution in [0.1, 0.15) is 67.6 Å². The maximum Gasteiger partial charge on any atom is 0.573 e. The molecule has 5 atom stereocenters. The van der Waals surface area contributed by atoms with Crippen molar-refractivity contribution in [3.8, 4) is 11.5 Å². The van der Waals surface area contributed by atoms with Gasteiger partial charge in [-0.15, -0.1) is 24.5 Å². The fourth-order valence-electron chi connectivity index (χ4n) is 7.16. The summed E-state index contributed by atoms with van der Waals surface area (Å²) in [5.41, 5.74) is 0.0826. The molecule has 2 aliphatic rings. The first kappa shape index (κ1) is 29.2. The van der Waals surface area contributed by atoms with Gasteiger partial charge in [0.1, 0.15) is 23.3 Å². The lowest BCUT2D eigenvalue weighted by Crippen LogP contribution is -2.57. The third-order valence-electron chi connectivity index (χ3n) is 8.56. The smallest absolute Gasteiger partial charge is 0.487 e. The maximum absolute atomic E-state index is 13.8. The number of aliphatic carboxylic acids is 1. The van der Waals surface area contributed by atoms with Crippen LogP contribution in [-0.2, 0) is 11.4 Å². The van der Waals surface area contributed by atoms with Crippen molar-refractivity contribution in [3.63, 3.8) is 0 Å². The van der Waals surface area contributed by atoms with Gasteiger partial charge in [-0.1, -0.05) is 44.5 Å². The Kier molecular flexibility index (Phi) is 8.23. The molecule has 0 spiro atoms. The Morgan fingerprint density at radius 2 is 1.83 bits per heavy atom. The Morgan fingerprint density at radius 1 is 1.10 bits per heavy atom. The van der Waals surface area contributed by atoms with Gasteiger partial charge < -0.3 is 19.9 Å². The van der Waals surface area contributed by atoms with Gasteiger partial charge in [-0.25, -0.2) is 4.79 Å². The van der Waals surface area contributed by atoms with Gasteiger partial charge in [0.05, 0.1) is 0 Å². The largest absolute Gasteiger partial charge is 0.573 e. The predicted molar refractivity (Wildman–Crippen MR) is 150 cm³/mol. The van der Waals surface area contributed by atoms with Crippen molar-refractivity contribution in [1.82, 2.24) is 5.32 Å². The number of carboxylic acid groups (broad SMARTS) is 1. The molecular weight excluding hydrogens is 555 g/mol. The number of nitrogens with one attached hydrogen (secondary N) is 1. The number of rotatable bonds is 9. The van der Waals surface area contributed by atoms with Gasteiger partial charge >= 0.3 is 12.3 Å². The van der Waals surface area contributed by atoms with E-state index in [1.54, 1.807) is 0 Å². The Hall–Kier alpha value is -3.27. The van der Waals surface area contributed by atoms with Gasteiger partial charge in [-0.3, -0.25) is 4.79 Å². The van der Waals surface area contributed by atoms with Crippen LogP contribution in [0.2, 0.25) is 0 Å². The molecule has 6 nitrogen and oxygen atoms in total. The second-order valence-electron chi connectivity index (χ2n) is 11.7. The van der Waals surface area contributed by atoms with Crippen LogP contribution in [0.3, 0.4) is 0 Å². The molecule has 0 saturated heterocycles. The molecule has 0 aliphatic heterocycles. The Labute approximate surface area is 240 Å². The van der Waals surface area contributed by atoms with Gasteiger partial charge in [0, 0.05) is 15.5 Å². The fraction of sp³-hybridized carbons (Fsp3) is 0.484. The number of fused-ring (bicyclic) bond motifs is 3. The third kappa shape index (κ3) is 6.47. The molecule has 2 saturated carbocycles. The van der Waals surface area contributed by atoms with E-state index in [0.29, 0.717) is 34.5 Å². The minimum absolute atomic E-state index is 0.00300. The van der Waals surface area contributed by atoms with E-state index < -0.39 is 29.7 Å². The number of hydrogen-bond donors (Lipinski definition) is 2. The highest BCUT2D eigenvalue weighted by Crippen LogP contribution is 2.55. The zero-order valence-electron chi connectivity index (χ0n) is 23.0. The summed E-state index contributed by atoms with van der Waals surface area (Å²) < 4.78 is 48.4. The molecule has 1 amide bonds. The number of halogens is 3. The van der Waals surface area contributed by atoms with Gasteiger partial charge in [-0.05, 0) is 79.7 Å². The lowest BCUT2D eigenvalue weighted by Gasteiger charge is -2.53. The fourth-order valence-corrected chi connectivity index (χ4v) is 8.21. The van der Waals surface area contributed by atoms with Crippen molar-refractivity contribution in [1.29, 1.82) is 0 Å². The molecule has 4 unspecified atom stereocenters. The molecule has 220 valence electrons. The van der Waals surface area contributed by atoms with Gasteiger partial charge in [0.25, 0.3) is 5.91 Å². The van der Waals surface area contributed by atoms with Crippen LogP contribution < -0.4 is 14.8 Å². The normalized spacial score (nSPS) is 25.0. The average Bonchev–Trinajstić information content (AvgIpc) is 3.28. The molecule has 0 radical (unpaired) electrons. The number of carboxylic acids is 1. The van der Waals surface area contributed by atoms with Crippen molar-refractivity contribution in [2.24, 2.45) is 23.2 Å². The van der Waals surface area contributed by atoms with E-state index in [2.05, 4.69) is 23.9 Å². The van der Waals surface area contributed by atoms with E-state index in [-0.39, 0.29) is 17.2 Å². The number of amides is 1. The molecule has 2 N–H and O–H groups in total. The molecule has 10 heteroatoms. The van der Waals surface area contributed by atoms with E-state index in [1.807, 2.05) is 24.3 Å². The standard InChI is InChI=1S/C31H34F3NO5S/c1-3-19-13-21-12-18(2)14-30(15-19,16-21)27(29(37)38)35-28(36)26-25(23-6-4-5-7-24(23)41-26)39-17-20-8-10-22(11-9-20)40-31(32,33)34/h4-11,18-19,21,27H,3,12-17H2,1-2H3,(H,35,36)(H,37,38)/t18?,19?,21?,27?,30-/m1/s1. The Morgan fingerprint density at radius 3 is 2.51 bits per heavy atom. The molecule has 1 heterocycles. The first-order valence-electron chi connectivity index (χ1n) is 14.0. The lowest BCUT2D eigenvalue weighted by atomic mass is 9.53. The topological polar surface area (TPSA) is 84.9 Å². The minimum Gasteiger partial charge on any atom is -0.487 e. The number of hydrogen-bond acceptors (Lipinski definition) is 5. The summed E-state index contributed by atoms with van der Waals surface area (Å²) in [6.45, 7) is 4.32. The first-order chi connectivity index (χ1) is 19.5. The molecule has 2 aliphatic carbocycles. The van der Waals surface area contributed by atoms with Crippen molar-refractivity contribution in [3.05, 3.63) is 59.0 Å². The average molecular weight is 590 g/mol. The van der Waals surface area contributed by atoms with Gasteiger partial charge in [0.15, 0.2) is 5.75 Å². The number of carbonyl (C=O) groups is 2. The summed E-state index contributed by atoms with van der Waals surface area (Å²) in [6, 6.07) is 11.7. The number of alkyl halides is 3. The van der Waals surface area contributed by atoms with Crippen molar-refractivity contribution < 1.29 is 37.3 Å². The number of carbonyl (C=O) groups excluding carboxylic acids is 1. The van der Waals surface area contributed by atoms with Crippen LogP contribution >= 0.6 is 11.3 Å². The summed E-state index contributed by atoms with van der Waals surface area (Å²) in [6.07, 6.45) is 0.761. The van der Waals surface area contributed by atoms with E-state index in [0.717, 1.165) is 43.2 Å². The zero-order valence-corrected chi connectivity index (χ0v) is 23.8. The second-order valence-corrected chi connectivity index (χ2v) is 12.7. The third-order valence-corrected chi connectivity index (χ3v) is 9.71. The molecule has 41 heavy (non-hydrogen) atoms. The molecule has 2 aromatic carbocycles. The molecule has 2 fully saturated rings. The highest BCUT2D eigenvalue weighted by molar-refractivity contribution is 7.21. The second kappa shape index (κ2) is 11.5. The molecule has 5 rings (SSSR count). The minimum atomic E-state index is -4.78. The van der Waals surface area contributed by atoms with Crippen LogP contribution in [0, 0.1) is 23.2 Å². The number of benzene rings is 2. The van der Waals surface area contributed by atoms with Crippen LogP contribution in [0.15, 0.2) is 48.5 Å². The molecular formula is C31H34F3NO5S. The Bertz CT molecular complexity index is 1400. The van der Waals surface area contributed by atoms with Crippen LogP contribution in [0.5, 0.6) is 11.5 Å². The van der Waals surface area contributed by atoms with Crippen molar-refractivity contribution in [2.45, 2.75) is 71.4 Å². The first-order valence-corrected chi connectivity index (χ1v) is 14.8. The highest BCUT2D eigenvalue weighted by atomic mass is 32.1. The zero-order chi connectivity index (χ0) is 29.4. The van der Waals surface area contributed by atoms with E-state index >= 15 is 0 Å². The van der Waals surface area contributed by atoms with Gasteiger partial charge in [0.2, 0.25) is 0 Å². The van der Waals surface area contributed by atoms with Crippen LogP contribution in [0.25, 0.3) is 10.1 Å². The van der Waals surface area contributed by atoms with Gasteiger partial charge in [-0.2, -0.15) is 0 Å². The lowest BCUT2D eigenvalue weighted by molar-refractivity contribution is -0.274. The number of ether oxygens (including phenoxy) is 2. The SMILES string of the molecule is CCC1CC2CC(C)C[C@@](C(NC(=O)c3sc4ccccc4c3OCc3ccc(OC(F)(F)F)cc3)C(=O)O)(C1)C2. The predicted octanol–water partition coefficient (Wildman–Crippen LogP) is 7.80. The summed E-state index contributed by atoms with van der Waals surface area (Å²) in [4.78, 5) is 26.8. The Balaban J connectivity index is 1.40. The van der Waals surface area contributed by atoms with E-state index in [1.165, 1.54) is 35.6 Å².